The first-order valence-corrected chi connectivity index (χ1v) is 12.9. The molecular weight excluding hydrogens is 582 g/mol. The number of rotatable bonds is 8. The number of nitrogens with one attached hydrogen (secondary N) is 2. The zero-order chi connectivity index (χ0) is 26.4. The minimum absolute atomic E-state index is 0.179. The maximum atomic E-state index is 12.8. The summed E-state index contributed by atoms with van der Waals surface area (Å²) in [6.45, 7) is -0.628. The van der Waals surface area contributed by atoms with E-state index in [0.29, 0.717) is 32.2 Å². The first kappa shape index (κ1) is 26.5. The monoisotopic (exact) mass is 599 g/mol. The molecule has 2 N–H and O–H groups in total. The first-order chi connectivity index (χ1) is 17.8. The number of halogens is 2. The fourth-order valence-electron chi connectivity index (χ4n) is 3.27. The Balaban J connectivity index is 1.36. The summed E-state index contributed by atoms with van der Waals surface area (Å²) >= 11 is 10.2. The minimum atomic E-state index is -0.571. The predicted molar refractivity (Wildman–Crippen MR) is 147 cm³/mol. The van der Waals surface area contributed by atoms with Crippen LogP contribution in [0.2, 0.25) is 5.02 Å². The van der Waals surface area contributed by atoms with Crippen LogP contribution >= 0.6 is 39.3 Å². The van der Waals surface area contributed by atoms with Crippen LogP contribution in [0, 0.1) is 0 Å². The van der Waals surface area contributed by atoms with E-state index in [1.54, 1.807) is 60.7 Å². The van der Waals surface area contributed by atoms with Crippen molar-refractivity contribution in [3.63, 3.8) is 0 Å². The Labute approximate surface area is 230 Å². The largest absolute Gasteiger partial charge is 0.483 e. The van der Waals surface area contributed by atoms with Gasteiger partial charge in [0.2, 0.25) is 5.91 Å². The predicted octanol–water partition coefficient (Wildman–Crippen LogP) is 5.80. The van der Waals surface area contributed by atoms with Crippen molar-refractivity contribution < 1.29 is 23.9 Å². The first-order valence-electron chi connectivity index (χ1n) is 10.9. The van der Waals surface area contributed by atoms with Gasteiger partial charge in [-0.15, -0.1) is 0 Å². The molecule has 11 heteroatoms. The molecule has 0 spiro atoms. The van der Waals surface area contributed by atoms with E-state index in [-0.39, 0.29) is 17.4 Å². The van der Waals surface area contributed by atoms with E-state index in [4.69, 9.17) is 16.3 Å². The van der Waals surface area contributed by atoms with Crippen LogP contribution in [0.15, 0.2) is 82.2 Å². The highest BCUT2D eigenvalue weighted by Gasteiger charge is 2.36. The fourth-order valence-corrected chi connectivity index (χ4v) is 4.80. The zero-order valence-electron chi connectivity index (χ0n) is 19.1. The van der Waals surface area contributed by atoms with Crippen LogP contribution in [-0.2, 0) is 14.4 Å². The number of anilines is 2. The van der Waals surface area contributed by atoms with Gasteiger partial charge in [0.15, 0.2) is 6.61 Å². The molecule has 4 amide bonds. The molecule has 0 aromatic heterocycles. The van der Waals surface area contributed by atoms with Crippen molar-refractivity contribution in [1.29, 1.82) is 0 Å². The van der Waals surface area contributed by atoms with Gasteiger partial charge in [-0.1, -0.05) is 48.0 Å². The Morgan fingerprint density at radius 1 is 0.973 bits per heavy atom. The van der Waals surface area contributed by atoms with Crippen LogP contribution in [0.4, 0.5) is 16.2 Å². The van der Waals surface area contributed by atoms with E-state index in [0.717, 1.165) is 16.7 Å². The van der Waals surface area contributed by atoms with E-state index in [1.807, 2.05) is 18.2 Å². The van der Waals surface area contributed by atoms with Crippen molar-refractivity contribution in [3.8, 4) is 5.75 Å². The molecule has 1 saturated heterocycles. The molecular formula is C26H19BrClN3O5S. The Hall–Kier alpha value is -3.60. The van der Waals surface area contributed by atoms with Crippen LogP contribution in [0.3, 0.4) is 0 Å². The topological polar surface area (TPSA) is 105 Å². The van der Waals surface area contributed by atoms with Gasteiger partial charge in [0, 0.05) is 5.69 Å². The molecule has 188 valence electrons. The number of hydrogen-bond donors (Lipinski definition) is 2. The van der Waals surface area contributed by atoms with Crippen molar-refractivity contribution in [2.75, 3.05) is 23.8 Å². The van der Waals surface area contributed by atoms with Crippen LogP contribution in [0.5, 0.6) is 5.75 Å². The number of nitrogens with zero attached hydrogens (tertiary/aromatic N) is 1. The highest BCUT2D eigenvalue weighted by Crippen LogP contribution is 2.34. The quantitative estimate of drug-likeness (QED) is 0.317. The number of benzene rings is 3. The average molecular weight is 601 g/mol. The van der Waals surface area contributed by atoms with E-state index in [9.17, 15) is 19.2 Å². The third-order valence-electron chi connectivity index (χ3n) is 4.99. The molecule has 3 aromatic carbocycles. The standard InChI is InChI=1S/C26H19BrClN3O5S/c27-18-12-16(10-11-21(18)36-15-24(33)29-17-6-2-1-3-7-17)13-22-25(34)31(26(35)37-22)14-23(32)30-20-9-5-4-8-19(20)28/h1-13H,14-15H2,(H,29,33)(H,30,32)/b22-13+. The summed E-state index contributed by atoms with van der Waals surface area (Å²) in [7, 11) is 0. The molecule has 0 unspecified atom stereocenters. The number of thioether (sulfide) groups is 1. The normalized spacial score (nSPS) is 14.1. The molecule has 3 aromatic rings. The summed E-state index contributed by atoms with van der Waals surface area (Å²) in [6, 6.07) is 20.7. The third kappa shape index (κ3) is 7.00. The molecule has 1 heterocycles. The lowest BCUT2D eigenvalue weighted by molar-refractivity contribution is -0.127. The summed E-state index contributed by atoms with van der Waals surface area (Å²) in [4.78, 5) is 50.7. The maximum absolute atomic E-state index is 12.8. The van der Waals surface area contributed by atoms with E-state index >= 15 is 0 Å². The summed E-state index contributed by atoms with van der Waals surface area (Å²) in [6.07, 6.45) is 1.55. The van der Waals surface area contributed by atoms with Crippen LogP contribution in [-0.4, -0.2) is 41.0 Å². The molecule has 1 aliphatic rings. The smallest absolute Gasteiger partial charge is 0.294 e. The number of carbonyl (C=O) groups is 4. The third-order valence-corrected chi connectivity index (χ3v) is 6.85. The van der Waals surface area contributed by atoms with Gasteiger partial charge in [0.25, 0.3) is 17.1 Å². The van der Waals surface area contributed by atoms with Gasteiger partial charge in [-0.3, -0.25) is 24.1 Å². The number of amides is 4. The minimum Gasteiger partial charge on any atom is -0.483 e. The maximum Gasteiger partial charge on any atom is 0.294 e. The van der Waals surface area contributed by atoms with Crippen molar-refractivity contribution in [2.24, 2.45) is 0 Å². The Bertz CT molecular complexity index is 1400. The molecule has 0 atom stereocenters. The Morgan fingerprint density at radius 2 is 1.70 bits per heavy atom. The number of hydrogen-bond acceptors (Lipinski definition) is 6. The second-order valence-electron chi connectivity index (χ2n) is 7.69. The lowest BCUT2D eigenvalue weighted by Gasteiger charge is -2.13. The lowest BCUT2D eigenvalue weighted by Crippen LogP contribution is -2.36. The molecule has 0 aliphatic carbocycles. The Kier molecular flexibility index (Phi) is 8.65. The van der Waals surface area contributed by atoms with Gasteiger partial charge in [0.1, 0.15) is 12.3 Å². The average Bonchev–Trinajstić information content (AvgIpc) is 3.12. The lowest BCUT2D eigenvalue weighted by atomic mass is 10.2. The van der Waals surface area contributed by atoms with E-state index < -0.39 is 23.6 Å². The second kappa shape index (κ2) is 12.1. The summed E-state index contributed by atoms with van der Waals surface area (Å²) in [5.74, 6) is -0.991. The van der Waals surface area contributed by atoms with Crippen molar-refractivity contribution >= 4 is 79.7 Å². The molecule has 1 fully saturated rings. The molecule has 0 radical (unpaired) electrons. The van der Waals surface area contributed by atoms with E-state index in [2.05, 4.69) is 26.6 Å². The van der Waals surface area contributed by atoms with Gasteiger partial charge < -0.3 is 15.4 Å². The highest BCUT2D eigenvalue weighted by atomic mass is 79.9. The van der Waals surface area contributed by atoms with Gasteiger partial charge in [0.05, 0.1) is 20.1 Å². The SMILES string of the molecule is O=C(COc1ccc(/C=C2/SC(=O)N(CC(=O)Nc3ccccc3Cl)C2=O)cc1Br)Nc1ccccc1. The van der Waals surface area contributed by atoms with Gasteiger partial charge >= 0.3 is 0 Å². The molecule has 4 rings (SSSR count). The molecule has 1 aliphatic heterocycles. The van der Waals surface area contributed by atoms with E-state index in [1.165, 1.54) is 0 Å². The van der Waals surface area contributed by atoms with Crippen LogP contribution < -0.4 is 15.4 Å². The molecule has 0 bridgehead atoms. The number of para-hydroxylation sites is 2. The van der Waals surface area contributed by atoms with Crippen LogP contribution in [0.1, 0.15) is 5.56 Å². The second-order valence-corrected chi connectivity index (χ2v) is 9.94. The number of carbonyl (C=O) groups excluding carboxylic acids is 4. The zero-order valence-corrected chi connectivity index (χ0v) is 22.2. The summed E-state index contributed by atoms with van der Waals surface area (Å²) < 4.78 is 6.15. The Morgan fingerprint density at radius 3 is 2.43 bits per heavy atom. The van der Waals surface area contributed by atoms with Crippen LogP contribution in [0.25, 0.3) is 6.08 Å². The number of ether oxygens (including phenoxy) is 1. The fraction of sp³-hybridized carbons (Fsp3) is 0.0769. The molecule has 8 nitrogen and oxygen atoms in total. The molecule has 37 heavy (non-hydrogen) atoms. The summed E-state index contributed by atoms with van der Waals surface area (Å²) in [5, 5.41) is 5.13. The van der Waals surface area contributed by atoms with Gasteiger partial charge in [-0.05, 0) is 75.7 Å². The van der Waals surface area contributed by atoms with Crippen molar-refractivity contribution in [3.05, 3.63) is 92.8 Å². The highest BCUT2D eigenvalue weighted by molar-refractivity contribution is 9.10. The van der Waals surface area contributed by atoms with Crippen molar-refractivity contribution in [2.45, 2.75) is 0 Å². The van der Waals surface area contributed by atoms with Crippen molar-refractivity contribution in [1.82, 2.24) is 4.90 Å². The summed E-state index contributed by atoms with van der Waals surface area (Å²) in [5.41, 5.74) is 1.68. The van der Waals surface area contributed by atoms with Gasteiger partial charge in [-0.25, -0.2) is 0 Å². The van der Waals surface area contributed by atoms with Gasteiger partial charge in [-0.2, -0.15) is 0 Å². The number of imide groups is 1. The molecule has 0 saturated carbocycles.